The van der Waals surface area contributed by atoms with Crippen LogP contribution in [0.4, 0.5) is 0 Å². The first kappa shape index (κ1) is 13.0. The Morgan fingerprint density at radius 1 is 1.67 bits per heavy atom. The summed E-state index contributed by atoms with van der Waals surface area (Å²) in [4.78, 5) is 12.5. The maximum Gasteiger partial charge on any atom is 0.261 e. The van der Waals surface area contributed by atoms with E-state index in [0.717, 1.165) is 9.35 Å². The van der Waals surface area contributed by atoms with E-state index in [1.165, 1.54) is 11.3 Å². The highest BCUT2D eigenvalue weighted by Gasteiger charge is 2.21. The Balaban J connectivity index is 2.78. The molecule has 0 bridgehead atoms. The van der Waals surface area contributed by atoms with E-state index in [2.05, 4.69) is 21.2 Å². The molecule has 0 aromatic carbocycles. The summed E-state index contributed by atoms with van der Waals surface area (Å²) in [5.74, 6) is 0.323. The molecule has 0 saturated carbocycles. The molecule has 0 aliphatic rings. The Hall–Kier alpha value is -0.0600. The highest BCUT2D eigenvalue weighted by molar-refractivity contribution is 9.11. The molecule has 0 fully saturated rings. The second-order valence-electron chi connectivity index (χ2n) is 4.04. The first-order valence-electron chi connectivity index (χ1n) is 4.50. The van der Waals surface area contributed by atoms with E-state index in [-0.39, 0.29) is 11.4 Å². The van der Waals surface area contributed by atoms with E-state index < -0.39 is 0 Å². The van der Waals surface area contributed by atoms with Crippen LogP contribution in [0.2, 0.25) is 0 Å². The zero-order chi connectivity index (χ0) is 11.6. The number of thiophene rings is 1. The molecule has 84 valence electrons. The van der Waals surface area contributed by atoms with Crippen molar-refractivity contribution in [2.75, 3.05) is 5.88 Å². The Labute approximate surface area is 107 Å². The van der Waals surface area contributed by atoms with E-state index in [1.807, 2.05) is 26.8 Å². The number of rotatable bonds is 3. The third-order valence-corrected chi connectivity index (χ3v) is 4.67. The van der Waals surface area contributed by atoms with Gasteiger partial charge in [0.2, 0.25) is 0 Å². The number of carbonyl (C=O) groups is 1. The Kier molecular flexibility index (Phi) is 4.20. The monoisotopic (exact) mass is 309 g/mol. The normalized spacial score (nSPS) is 11.5. The molecule has 0 radical (unpaired) electrons. The van der Waals surface area contributed by atoms with Crippen molar-refractivity contribution in [3.8, 4) is 0 Å². The number of hydrogen-bond donors (Lipinski definition) is 1. The highest BCUT2D eigenvalue weighted by atomic mass is 79.9. The van der Waals surface area contributed by atoms with Crippen LogP contribution in [0.25, 0.3) is 0 Å². The van der Waals surface area contributed by atoms with Crippen LogP contribution in [0, 0.1) is 6.92 Å². The van der Waals surface area contributed by atoms with Crippen LogP contribution in [-0.2, 0) is 0 Å². The van der Waals surface area contributed by atoms with Crippen molar-refractivity contribution in [1.82, 2.24) is 5.32 Å². The molecule has 0 aliphatic heterocycles. The summed E-state index contributed by atoms with van der Waals surface area (Å²) >= 11 is 10.6. The number of hydrogen-bond acceptors (Lipinski definition) is 2. The van der Waals surface area contributed by atoms with Crippen molar-refractivity contribution in [3.63, 3.8) is 0 Å². The van der Waals surface area contributed by atoms with Crippen LogP contribution >= 0.6 is 38.9 Å². The molecule has 0 aliphatic carbocycles. The van der Waals surface area contributed by atoms with Crippen LogP contribution in [0.1, 0.15) is 29.1 Å². The lowest BCUT2D eigenvalue weighted by Gasteiger charge is -2.22. The molecule has 1 aromatic heterocycles. The predicted molar refractivity (Wildman–Crippen MR) is 69.0 cm³/mol. The van der Waals surface area contributed by atoms with Gasteiger partial charge >= 0.3 is 0 Å². The molecular weight excluding hydrogens is 298 g/mol. The van der Waals surface area contributed by atoms with Crippen molar-refractivity contribution in [3.05, 3.63) is 20.3 Å². The quantitative estimate of drug-likeness (QED) is 0.850. The molecule has 1 N–H and O–H groups in total. The molecular formula is C10H13BrClNOS. The van der Waals surface area contributed by atoms with Gasteiger partial charge in [-0.15, -0.1) is 22.9 Å². The molecule has 1 heterocycles. The van der Waals surface area contributed by atoms with Crippen molar-refractivity contribution in [2.24, 2.45) is 0 Å². The zero-order valence-corrected chi connectivity index (χ0v) is 12.0. The van der Waals surface area contributed by atoms with Gasteiger partial charge in [0.05, 0.1) is 8.66 Å². The van der Waals surface area contributed by atoms with Gasteiger partial charge in [-0.3, -0.25) is 4.79 Å². The van der Waals surface area contributed by atoms with Crippen molar-refractivity contribution in [1.29, 1.82) is 0 Å². The average Bonchev–Trinajstić information content (AvgIpc) is 2.47. The van der Waals surface area contributed by atoms with Gasteiger partial charge in [-0.05, 0) is 48.3 Å². The molecule has 15 heavy (non-hydrogen) atoms. The average molecular weight is 311 g/mol. The van der Waals surface area contributed by atoms with E-state index in [1.54, 1.807) is 0 Å². The second kappa shape index (κ2) is 4.85. The maximum atomic E-state index is 11.8. The number of halogens is 2. The summed E-state index contributed by atoms with van der Waals surface area (Å²) < 4.78 is 0.997. The highest BCUT2D eigenvalue weighted by Crippen LogP contribution is 2.27. The minimum absolute atomic E-state index is 0.0700. The van der Waals surface area contributed by atoms with Crippen LogP contribution in [0.3, 0.4) is 0 Å². The van der Waals surface area contributed by atoms with Crippen molar-refractivity contribution < 1.29 is 4.79 Å². The summed E-state index contributed by atoms with van der Waals surface area (Å²) in [7, 11) is 0. The lowest BCUT2D eigenvalue weighted by atomic mass is 10.1. The lowest BCUT2D eigenvalue weighted by Crippen LogP contribution is -2.44. The largest absolute Gasteiger partial charge is 0.345 e. The summed E-state index contributed by atoms with van der Waals surface area (Å²) in [5, 5.41) is 2.88. The lowest BCUT2D eigenvalue weighted by molar-refractivity contribution is 0.0924. The molecule has 0 spiro atoms. The molecule has 0 saturated heterocycles. The molecule has 1 rings (SSSR count). The summed E-state index contributed by atoms with van der Waals surface area (Å²) in [6.07, 6.45) is 0. The summed E-state index contributed by atoms with van der Waals surface area (Å²) in [6.45, 7) is 5.75. The molecule has 0 unspecified atom stereocenters. The second-order valence-corrected chi connectivity index (χ2v) is 6.68. The molecule has 0 atom stereocenters. The van der Waals surface area contributed by atoms with Gasteiger partial charge in [0.1, 0.15) is 0 Å². The van der Waals surface area contributed by atoms with Gasteiger partial charge in [0.15, 0.2) is 0 Å². The Bertz CT molecular complexity index is 356. The summed E-state index contributed by atoms with van der Waals surface area (Å²) in [5.41, 5.74) is 0.706. The fraction of sp³-hybridized carbons (Fsp3) is 0.500. The molecule has 5 heteroatoms. The van der Waals surface area contributed by atoms with Gasteiger partial charge in [-0.25, -0.2) is 0 Å². The first-order chi connectivity index (χ1) is 6.85. The molecule has 1 amide bonds. The third-order valence-electron chi connectivity index (χ3n) is 1.87. The van der Waals surface area contributed by atoms with E-state index >= 15 is 0 Å². The number of nitrogens with one attached hydrogen (secondary N) is 1. The van der Waals surface area contributed by atoms with Crippen LogP contribution in [-0.4, -0.2) is 17.3 Å². The summed E-state index contributed by atoms with van der Waals surface area (Å²) in [6, 6.07) is 1.87. The van der Waals surface area contributed by atoms with E-state index in [0.29, 0.717) is 10.8 Å². The number of carbonyl (C=O) groups excluding carboxylic acids is 1. The standard InChI is InChI=1S/C10H13BrClNOS/c1-6-4-7(15-8(6)11)9(14)13-10(2,3)5-12/h4H,5H2,1-3H3,(H,13,14). The van der Waals surface area contributed by atoms with Gasteiger partial charge in [-0.2, -0.15) is 0 Å². The Morgan fingerprint density at radius 3 is 2.67 bits per heavy atom. The molecule has 1 aromatic rings. The fourth-order valence-corrected chi connectivity index (χ4v) is 2.47. The van der Waals surface area contributed by atoms with Gasteiger partial charge in [0, 0.05) is 11.4 Å². The fourth-order valence-electron chi connectivity index (χ4n) is 0.974. The number of amides is 1. The smallest absolute Gasteiger partial charge is 0.261 e. The van der Waals surface area contributed by atoms with Crippen LogP contribution < -0.4 is 5.32 Å². The van der Waals surface area contributed by atoms with Crippen LogP contribution in [0.15, 0.2) is 9.85 Å². The number of alkyl halides is 1. The molecule has 2 nitrogen and oxygen atoms in total. The minimum Gasteiger partial charge on any atom is -0.345 e. The van der Waals surface area contributed by atoms with Gasteiger partial charge in [-0.1, -0.05) is 0 Å². The van der Waals surface area contributed by atoms with Crippen molar-refractivity contribution >= 4 is 44.8 Å². The zero-order valence-electron chi connectivity index (χ0n) is 8.86. The van der Waals surface area contributed by atoms with Crippen molar-refractivity contribution in [2.45, 2.75) is 26.3 Å². The number of aryl methyl sites for hydroxylation is 1. The van der Waals surface area contributed by atoms with Crippen LogP contribution in [0.5, 0.6) is 0 Å². The van der Waals surface area contributed by atoms with E-state index in [4.69, 9.17) is 11.6 Å². The van der Waals surface area contributed by atoms with E-state index in [9.17, 15) is 4.79 Å². The maximum absolute atomic E-state index is 11.8. The third kappa shape index (κ3) is 3.47. The SMILES string of the molecule is Cc1cc(C(=O)NC(C)(C)CCl)sc1Br. The topological polar surface area (TPSA) is 29.1 Å². The first-order valence-corrected chi connectivity index (χ1v) is 6.64. The minimum atomic E-state index is -0.372. The predicted octanol–water partition coefficient (Wildman–Crippen LogP) is 3.57. The Morgan fingerprint density at radius 2 is 2.27 bits per heavy atom. The van der Waals surface area contributed by atoms with Gasteiger partial charge in [0.25, 0.3) is 5.91 Å². The van der Waals surface area contributed by atoms with Gasteiger partial charge < -0.3 is 5.32 Å².